The molecule has 25 heavy (non-hydrogen) atoms. The first-order valence-electron chi connectivity index (χ1n) is 7.64. The van der Waals surface area contributed by atoms with Crippen LogP contribution in [-0.4, -0.2) is 17.1 Å². The molecule has 0 aliphatic carbocycles. The molecule has 3 aromatic rings. The second-order valence-corrected chi connectivity index (χ2v) is 5.14. The molecule has 0 saturated heterocycles. The minimum Gasteiger partial charge on any atom is -0.497 e. The fraction of sp³-hybridized carbons (Fsp3) is 0.105. The van der Waals surface area contributed by atoms with Crippen molar-refractivity contribution in [1.82, 2.24) is 9.97 Å². The first kappa shape index (κ1) is 16.3. The Labute approximate surface area is 145 Å². The number of hydrogen-bond acceptors (Lipinski definition) is 6. The van der Waals surface area contributed by atoms with Crippen LogP contribution in [0.1, 0.15) is 11.1 Å². The number of anilines is 1. The van der Waals surface area contributed by atoms with E-state index in [9.17, 15) is 0 Å². The molecule has 6 heteroatoms. The van der Waals surface area contributed by atoms with Gasteiger partial charge in [0.25, 0.3) is 0 Å². The molecule has 0 bridgehead atoms. The molecule has 2 heterocycles. The molecule has 0 atom stereocenters. The van der Waals surface area contributed by atoms with Gasteiger partial charge in [-0.05, 0) is 48.0 Å². The third-order valence-electron chi connectivity index (χ3n) is 3.47. The van der Waals surface area contributed by atoms with Gasteiger partial charge in [-0.15, -0.1) is 0 Å². The standard InChI is InChI=1S/C19H16N4O2/c1-24-16-4-6-17(7-5-16)25-18-11-14(8-10-21-18)13-23-19-15(12-20)3-2-9-22-19/h2-11H,13H2,1H3,(H,22,23). The minimum absolute atomic E-state index is 0.492. The number of methoxy groups -OCH3 is 1. The summed E-state index contributed by atoms with van der Waals surface area (Å²) >= 11 is 0. The van der Waals surface area contributed by atoms with Gasteiger partial charge in [-0.2, -0.15) is 5.26 Å². The highest BCUT2D eigenvalue weighted by Gasteiger charge is 2.04. The van der Waals surface area contributed by atoms with Crippen molar-refractivity contribution in [1.29, 1.82) is 5.26 Å². The highest BCUT2D eigenvalue weighted by molar-refractivity contribution is 5.51. The van der Waals surface area contributed by atoms with Crippen LogP contribution in [0, 0.1) is 11.3 Å². The molecule has 124 valence electrons. The van der Waals surface area contributed by atoms with Crippen LogP contribution in [0.15, 0.2) is 60.9 Å². The van der Waals surface area contributed by atoms with E-state index in [1.807, 2.05) is 36.4 Å². The van der Waals surface area contributed by atoms with E-state index in [0.717, 1.165) is 11.3 Å². The van der Waals surface area contributed by atoms with Gasteiger partial charge in [-0.25, -0.2) is 9.97 Å². The number of pyridine rings is 2. The van der Waals surface area contributed by atoms with Crippen LogP contribution in [0.3, 0.4) is 0 Å². The number of nitrogens with zero attached hydrogens (tertiary/aromatic N) is 3. The van der Waals surface area contributed by atoms with Crippen molar-refractivity contribution < 1.29 is 9.47 Å². The fourth-order valence-electron chi connectivity index (χ4n) is 2.20. The van der Waals surface area contributed by atoms with Crippen LogP contribution in [0.25, 0.3) is 0 Å². The zero-order chi connectivity index (χ0) is 17.5. The van der Waals surface area contributed by atoms with Gasteiger partial charge >= 0.3 is 0 Å². The molecule has 3 rings (SSSR count). The average Bonchev–Trinajstić information content (AvgIpc) is 2.67. The zero-order valence-electron chi connectivity index (χ0n) is 13.6. The van der Waals surface area contributed by atoms with E-state index in [4.69, 9.17) is 14.7 Å². The predicted octanol–water partition coefficient (Wildman–Crippen LogP) is 3.76. The quantitative estimate of drug-likeness (QED) is 0.740. The summed E-state index contributed by atoms with van der Waals surface area (Å²) in [6, 6.07) is 16.6. The number of nitriles is 1. The van der Waals surface area contributed by atoms with Crippen molar-refractivity contribution in [3.63, 3.8) is 0 Å². The Morgan fingerprint density at radius 1 is 1.04 bits per heavy atom. The molecule has 1 N–H and O–H groups in total. The van der Waals surface area contributed by atoms with E-state index < -0.39 is 0 Å². The number of hydrogen-bond donors (Lipinski definition) is 1. The predicted molar refractivity (Wildman–Crippen MR) is 93.6 cm³/mol. The Hall–Kier alpha value is -3.59. The molecule has 0 fully saturated rings. The van der Waals surface area contributed by atoms with E-state index >= 15 is 0 Å². The molecule has 6 nitrogen and oxygen atoms in total. The van der Waals surface area contributed by atoms with Gasteiger partial charge in [0, 0.05) is 25.0 Å². The van der Waals surface area contributed by atoms with Crippen molar-refractivity contribution in [2.45, 2.75) is 6.54 Å². The lowest BCUT2D eigenvalue weighted by Crippen LogP contribution is -2.03. The number of ether oxygens (including phenoxy) is 2. The van der Waals surface area contributed by atoms with Crippen molar-refractivity contribution in [3.8, 4) is 23.4 Å². The maximum atomic E-state index is 9.09. The van der Waals surface area contributed by atoms with E-state index in [1.165, 1.54) is 0 Å². The Morgan fingerprint density at radius 3 is 2.60 bits per heavy atom. The zero-order valence-corrected chi connectivity index (χ0v) is 13.6. The Kier molecular flexibility index (Phi) is 5.07. The Morgan fingerprint density at radius 2 is 1.84 bits per heavy atom. The molecule has 0 aliphatic rings. The molecule has 0 radical (unpaired) electrons. The second-order valence-electron chi connectivity index (χ2n) is 5.14. The molecule has 0 aliphatic heterocycles. The fourth-order valence-corrected chi connectivity index (χ4v) is 2.20. The lowest BCUT2D eigenvalue weighted by Gasteiger charge is -2.09. The molecular weight excluding hydrogens is 316 g/mol. The summed E-state index contributed by atoms with van der Waals surface area (Å²) in [5.41, 5.74) is 1.47. The van der Waals surface area contributed by atoms with Gasteiger partial charge in [-0.3, -0.25) is 0 Å². The lowest BCUT2D eigenvalue weighted by molar-refractivity contribution is 0.412. The molecule has 0 unspecified atom stereocenters. The van der Waals surface area contributed by atoms with Gasteiger partial charge in [0.15, 0.2) is 0 Å². The van der Waals surface area contributed by atoms with Crippen LogP contribution in [-0.2, 0) is 6.54 Å². The SMILES string of the molecule is COc1ccc(Oc2cc(CNc3ncccc3C#N)ccn2)cc1. The van der Waals surface area contributed by atoms with Crippen LogP contribution >= 0.6 is 0 Å². The van der Waals surface area contributed by atoms with Crippen molar-refractivity contribution in [2.75, 3.05) is 12.4 Å². The number of nitrogens with one attached hydrogen (secondary N) is 1. The highest BCUT2D eigenvalue weighted by atomic mass is 16.5. The van der Waals surface area contributed by atoms with Gasteiger partial charge in [0.05, 0.1) is 12.7 Å². The molecule has 0 spiro atoms. The van der Waals surface area contributed by atoms with E-state index in [2.05, 4.69) is 21.4 Å². The maximum Gasteiger partial charge on any atom is 0.219 e. The number of aromatic nitrogens is 2. The molecular formula is C19H16N4O2. The molecule has 2 aromatic heterocycles. The highest BCUT2D eigenvalue weighted by Crippen LogP contribution is 2.23. The summed E-state index contributed by atoms with van der Waals surface area (Å²) in [7, 11) is 1.62. The second kappa shape index (κ2) is 7.79. The van der Waals surface area contributed by atoms with Crippen molar-refractivity contribution in [2.24, 2.45) is 0 Å². The summed E-state index contributed by atoms with van der Waals surface area (Å²) < 4.78 is 10.9. The van der Waals surface area contributed by atoms with Crippen LogP contribution in [0.5, 0.6) is 17.4 Å². The van der Waals surface area contributed by atoms with E-state index in [1.54, 1.807) is 31.6 Å². The van der Waals surface area contributed by atoms with E-state index in [0.29, 0.717) is 29.6 Å². The number of benzene rings is 1. The minimum atomic E-state index is 0.492. The van der Waals surface area contributed by atoms with Crippen molar-refractivity contribution >= 4 is 5.82 Å². The van der Waals surface area contributed by atoms with Crippen LogP contribution in [0.4, 0.5) is 5.82 Å². The monoisotopic (exact) mass is 332 g/mol. The lowest BCUT2D eigenvalue weighted by atomic mass is 10.2. The molecule has 1 aromatic carbocycles. The van der Waals surface area contributed by atoms with Crippen LogP contribution in [0.2, 0.25) is 0 Å². The topological polar surface area (TPSA) is 80.1 Å². The van der Waals surface area contributed by atoms with Gasteiger partial charge < -0.3 is 14.8 Å². The van der Waals surface area contributed by atoms with Gasteiger partial charge in [-0.1, -0.05) is 0 Å². The smallest absolute Gasteiger partial charge is 0.219 e. The average molecular weight is 332 g/mol. The first-order valence-corrected chi connectivity index (χ1v) is 7.64. The van der Waals surface area contributed by atoms with Crippen molar-refractivity contribution in [3.05, 3.63) is 72.1 Å². The first-order chi connectivity index (χ1) is 12.3. The van der Waals surface area contributed by atoms with Crippen LogP contribution < -0.4 is 14.8 Å². The summed E-state index contributed by atoms with van der Waals surface area (Å²) in [4.78, 5) is 8.40. The maximum absolute atomic E-state index is 9.09. The Balaban J connectivity index is 1.67. The summed E-state index contributed by atoms with van der Waals surface area (Å²) in [5, 5.41) is 12.2. The van der Waals surface area contributed by atoms with Gasteiger partial charge in [0.2, 0.25) is 5.88 Å². The normalized spacial score (nSPS) is 9.92. The summed E-state index contributed by atoms with van der Waals surface area (Å²) in [6.07, 6.45) is 3.33. The largest absolute Gasteiger partial charge is 0.497 e. The number of rotatable bonds is 6. The summed E-state index contributed by atoms with van der Waals surface area (Å²) in [5.74, 6) is 2.49. The summed E-state index contributed by atoms with van der Waals surface area (Å²) in [6.45, 7) is 0.507. The van der Waals surface area contributed by atoms with E-state index in [-0.39, 0.29) is 0 Å². The third-order valence-corrected chi connectivity index (χ3v) is 3.47. The molecule has 0 saturated carbocycles. The Bertz CT molecular complexity index is 888. The molecule has 0 amide bonds. The van der Waals surface area contributed by atoms with Gasteiger partial charge in [0.1, 0.15) is 23.4 Å². The third kappa shape index (κ3) is 4.24.